The summed E-state index contributed by atoms with van der Waals surface area (Å²) in [6, 6.07) is 0. The number of aliphatic carboxylic acids is 2. The first-order valence-electron chi connectivity index (χ1n) is 7.41. The standard InChI is InChI=1S/C15H24.C4H4O4/c1-6-14(4)10-8-12-15(5)11-7-9-13(2)3;5-3(6)1-2-4(7)8/h6,9-10,12H,1,7-8,11H2,2-5H3;1-2H,(H,5,6)(H,7,8)/b14-10+,15-12+;2-1-. The smallest absolute Gasteiger partial charge is 0.328 e. The van der Waals surface area contributed by atoms with Crippen molar-refractivity contribution >= 4 is 11.9 Å². The van der Waals surface area contributed by atoms with Crippen molar-refractivity contribution in [1.82, 2.24) is 0 Å². The van der Waals surface area contributed by atoms with Gasteiger partial charge in [-0.2, -0.15) is 0 Å². The molecule has 0 bridgehead atoms. The lowest BCUT2D eigenvalue weighted by atomic mass is 10.1. The highest BCUT2D eigenvalue weighted by Crippen LogP contribution is 2.08. The summed E-state index contributed by atoms with van der Waals surface area (Å²) < 4.78 is 0. The summed E-state index contributed by atoms with van der Waals surface area (Å²) in [7, 11) is 0. The Labute approximate surface area is 139 Å². The molecule has 0 aliphatic carbocycles. The summed E-state index contributed by atoms with van der Waals surface area (Å²) in [6.07, 6.45) is 13.2. The number of carbonyl (C=O) groups is 2. The summed E-state index contributed by atoms with van der Waals surface area (Å²) in [4.78, 5) is 19.1. The van der Waals surface area contributed by atoms with Gasteiger partial charge in [0.15, 0.2) is 0 Å². The summed E-state index contributed by atoms with van der Waals surface area (Å²) in [5, 5.41) is 15.6. The molecule has 0 aromatic heterocycles. The van der Waals surface area contributed by atoms with Gasteiger partial charge in [-0.1, -0.05) is 47.6 Å². The maximum Gasteiger partial charge on any atom is 0.328 e. The van der Waals surface area contributed by atoms with Crippen molar-refractivity contribution in [3.05, 3.63) is 59.8 Å². The SMILES string of the molecule is C=C/C(C)=C/C/C=C(\C)CCC=C(C)C.O=C(O)/C=C\C(=O)O. The fourth-order valence-corrected chi connectivity index (χ4v) is 1.36. The first kappa shape index (κ1) is 22.9. The molecule has 0 saturated carbocycles. The topological polar surface area (TPSA) is 74.6 Å². The van der Waals surface area contributed by atoms with E-state index in [1.54, 1.807) is 0 Å². The highest BCUT2D eigenvalue weighted by molar-refractivity contribution is 5.89. The van der Waals surface area contributed by atoms with Crippen LogP contribution in [0.4, 0.5) is 0 Å². The Morgan fingerprint density at radius 2 is 1.43 bits per heavy atom. The van der Waals surface area contributed by atoms with E-state index in [1.807, 2.05) is 6.08 Å². The predicted molar refractivity (Wildman–Crippen MR) is 95.4 cm³/mol. The molecule has 0 radical (unpaired) electrons. The van der Waals surface area contributed by atoms with Gasteiger partial charge in [-0.15, -0.1) is 0 Å². The Hall–Kier alpha value is -2.36. The van der Waals surface area contributed by atoms with Crippen LogP contribution in [0, 0.1) is 0 Å². The van der Waals surface area contributed by atoms with Gasteiger partial charge >= 0.3 is 11.9 Å². The molecule has 0 aliphatic rings. The van der Waals surface area contributed by atoms with Gasteiger partial charge in [-0.05, 0) is 47.0 Å². The van der Waals surface area contributed by atoms with Crippen molar-refractivity contribution in [1.29, 1.82) is 0 Å². The third kappa shape index (κ3) is 22.1. The Balaban J connectivity index is 0. The number of hydrogen-bond acceptors (Lipinski definition) is 2. The quantitative estimate of drug-likeness (QED) is 0.378. The monoisotopic (exact) mass is 320 g/mol. The Morgan fingerprint density at radius 1 is 0.913 bits per heavy atom. The third-order valence-corrected chi connectivity index (χ3v) is 2.69. The molecule has 0 atom stereocenters. The summed E-state index contributed by atoms with van der Waals surface area (Å²) in [5.74, 6) is -2.51. The van der Waals surface area contributed by atoms with Crippen molar-refractivity contribution in [3.63, 3.8) is 0 Å². The molecule has 0 saturated heterocycles. The van der Waals surface area contributed by atoms with Crippen LogP contribution in [0.3, 0.4) is 0 Å². The summed E-state index contributed by atoms with van der Waals surface area (Å²) in [6.45, 7) is 12.3. The number of rotatable bonds is 8. The van der Waals surface area contributed by atoms with Crippen LogP contribution in [0.1, 0.15) is 47.0 Å². The molecular weight excluding hydrogens is 292 g/mol. The van der Waals surface area contributed by atoms with Gasteiger partial charge in [0.1, 0.15) is 0 Å². The zero-order valence-corrected chi connectivity index (χ0v) is 14.5. The Bertz CT molecular complexity index is 485. The Kier molecular flexibility index (Phi) is 14.5. The van der Waals surface area contributed by atoms with Crippen molar-refractivity contribution in [2.75, 3.05) is 0 Å². The molecule has 0 aromatic carbocycles. The molecule has 4 nitrogen and oxygen atoms in total. The molecule has 0 spiro atoms. The largest absolute Gasteiger partial charge is 0.478 e. The second-order valence-electron chi connectivity index (χ2n) is 5.27. The van der Waals surface area contributed by atoms with Crippen molar-refractivity contribution < 1.29 is 19.8 Å². The van der Waals surface area contributed by atoms with Gasteiger partial charge in [-0.3, -0.25) is 0 Å². The molecule has 4 heteroatoms. The van der Waals surface area contributed by atoms with E-state index in [0.717, 1.165) is 12.8 Å². The van der Waals surface area contributed by atoms with Crippen LogP contribution in [-0.2, 0) is 9.59 Å². The predicted octanol–water partition coefficient (Wildman–Crippen LogP) is 4.91. The number of allylic oxidation sites excluding steroid dienone is 7. The molecule has 23 heavy (non-hydrogen) atoms. The van der Waals surface area contributed by atoms with Crippen LogP contribution in [0.5, 0.6) is 0 Å². The van der Waals surface area contributed by atoms with E-state index in [1.165, 1.54) is 23.1 Å². The van der Waals surface area contributed by atoms with Crippen LogP contribution in [-0.4, -0.2) is 22.2 Å². The van der Waals surface area contributed by atoms with Crippen LogP contribution in [0.15, 0.2) is 59.8 Å². The van der Waals surface area contributed by atoms with Gasteiger partial charge in [0.2, 0.25) is 0 Å². The van der Waals surface area contributed by atoms with Crippen LogP contribution in [0.25, 0.3) is 0 Å². The van der Waals surface area contributed by atoms with Crippen molar-refractivity contribution in [2.24, 2.45) is 0 Å². The van der Waals surface area contributed by atoms with E-state index < -0.39 is 11.9 Å². The molecular formula is C19H28O4. The van der Waals surface area contributed by atoms with Crippen LogP contribution < -0.4 is 0 Å². The maximum absolute atomic E-state index is 9.55. The molecule has 128 valence electrons. The average molecular weight is 320 g/mol. The van der Waals surface area contributed by atoms with Gasteiger partial charge in [0, 0.05) is 12.2 Å². The molecule has 0 heterocycles. The molecule has 0 unspecified atom stereocenters. The fourth-order valence-electron chi connectivity index (χ4n) is 1.36. The van der Waals surface area contributed by atoms with E-state index >= 15 is 0 Å². The minimum Gasteiger partial charge on any atom is -0.478 e. The molecule has 0 aliphatic heterocycles. The summed E-state index contributed by atoms with van der Waals surface area (Å²) in [5.41, 5.74) is 4.13. The lowest BCUT2D eigenvalue weighted by molar-refractivity contribution is -0.134. The second kappa shape index (κ2) is 14.6. The lowest BCUT2D eigenvalue weighted by Gasteiger charge is -1.98. The molecule has 2 N–H and O–H groups in total. The zero-order chi connectivity index (χ0) is 18.3. The molecule has 0 aromatic rings. The number of carboxylic acids is 2. The van der Waals surface area contributed by atoms with E-state index in [0.29, 0.717) is 12.2 Å². The van der Waals surface area contributed by atoms with Crippen molar-refractivity contribution in [3.8, 4) is 0 Å². The zero-order valence-electron chi connectivity index (χ0n) is 14.5. The van der Waals surface area contributed by atoms with E-state index in [9.17, 15) is 9.59 Å². The van der Waals surface area contributed by atoms with Crippen molar-refractivity contribution in [2.45, 2.75) is 47.0 Å². The first-order chi connectivity index (χ1) is 10.7. The van der Waals surface area contributed by atoms with Crippen LogP contribution in [0.2, 0.25) is 0 Å². The van der Waals surface area contributed by atoms with Gasteiger partial charge in [-0.25, -0.2) is 9.59 Å². The molecule has 0 rings (SSSR count). The van der Waals surface area contributed by atoms with Gasteiger partial charge < -0.3 is 10.2 Å². The lowest BCUT2D eigenvalue weighted by Crippen LogP contribution is -1.91. The summed E-state index contributed by atoms with van der Waals surface area (Å²) >= 11 is 0. The highest BCUT2D eigenvalue weighted by atomic mass is 16.4. The van der Waals surface area contributed by atoms with Gasteiger partial charge in [0.25, 0.3) is 0 Å². The first-order valence-corrected chi connectivity index (χ1v) is 7.41. The van der Waals surface area contributed by atoms with Crippen LogP contribution >= 0.6 is 0 Å². The van der Waals surface area contributed by atoms with E-state index in [-0.39, 0.29) is 0 Å². The van der Waals surface area contributed by atoms with E-state index in [4.69, 9.17) is 10.2 Å². The number of hydrogen-bond donors (Lipinski definition) is 2. The number of carboxylic acid groups (broad SMARTS) is 2. The minimum absolute atomic E-state index is 0.558. The third-order valence-electron chi connectivity index (χ3n) is 2.69. The Morgan fingerprint density at radius 3 is 1.83 bits per heavy atom. The second-order valence-corrected chi connectivity index (χ2v) is 5.27. The fraction of sp³-hybridized carbons (Fsp3) is 0.368. The normalized spacial score (nSPS) is 11.5. The van der Waals surface area contributed by atoms with Gasteiger partial charge in [0.05, 0.1) is 0 Å². The minimum atomic E-state index is -1.26. The highest BCUT2D eigenvalue weighted by Gasteiger charge is 1.88. The average Bonchev–Trinajstić information content (AvgIpc) is 2.45. The maximum atomic E-state index is 9.55. The molecule has 0 fully saturated rings. The van der Waals surface area contributed by atoms with E-state index in [2.05, 4.69) is 52.5 Å². The molecule has 0 amide bonds.